The van der Waals surface area contributed by atoms with Gasteiger partial charge >= 0.3 is 5.97 Å². The average molecular weight is 358 g/mol. The molecule has 1 aromatic carbocycles. The van der Waals surface area contributed by atoms with Gasteiger partial charge in [0.1, 0.15) is 5.75 Å². The number of nitrogens with one attached hydrogen (secondary N) is 1. The Balaban J connectivity index is 2.34. The van der Waals surface area contributed by atoms with Crippen molar-refractivity contribution < 1.29 is 19.1 Å². The summed E-state index contributed by atoms with van der Waals surface area (Å²) in [6.07, 6.45) is -0.774. The minimum Gasteiger partial charge on any atom is -0.479 e. The van der Waals surface area contributed by atoms with Gasteiger partial charge in [-0.25, -0.2) is 4.79 Å². The normalized spacial score (nSPS) is 11.9. The second kappa shape index (κ2) is 8.67. The second-order valence-corrected chi connectivity index (χ2v) is 5.94. The molecule has 116 valence electrons. The zero-order chi connectivity index (χ0) is 15.8. The van der Waals surface area contributed by atoms with Gasteiger partial charge in [0.15, 0.2) is 12.7 Å². The fourth-order valence-corrected chi connectivity index (χ4v) is 1.65. The van der Waals surface area contributed by atoms with E-state index in [0.717, 1.165) is 4.47 Å². The van der Waals surface area contributed by atoms with Gasteiger partial charge in [0.25, 0.3) is 5.91 Å². The molecule has 0 saturated carbocycles. The maximum atomic E-state index is 11.7. The fourth-order valence-electron chi connectivity index (χ4n) is 1.39. The van der Waals surface area contributed by atoms with Crippen molar-refractivity contribution in [3.8, 4) is 5.75 Å². The zero-order valence-corrected chi connectivity index (χ0v) is 14.0. The molecule has 1 atom stereocenters. The van der Waals surface area contributed by atoms with Crippen LogP contribution in [0.25, 0.3) is 0 Å². The smallest absolute Gasteiger partial charge is 0.347 e. The minimum absolute atomic E-state index is 0.292. The summed E-state index contributed by atoms with van der Waals surface area (Å²) in [5.74, 6) is 0.0294. The van der Waals surface area contributed by atoms with E-state index in [1.54, 1.807) is 19.1 Å². The molecular formula is C15H20BrNO4. The first-order valence-corrected chi connectivity index (χ1v) is 7.53. The number of halogens is 1. The third kappa shape index (κ3) is 7.13. The lowest BCUT2D eigenvalue weighted by molar-refractivity contribution is -0.154. The summed E-state index contributed by atoms with van der Waals surface area (Å²) in [5, 5.41) is 2.67. The van der Waals surface area contributed by atoms with Gasteiger partial charge in [0.2, 0.25) is 0 Å². The summed E-state index contributed by atoms with van der Waals surface area (Å²) in [7, 11) is 0. The van der Waals surface area contributed by atoms with Crippen molar-refractivity contribution in [1.29, 1.82) is 0 Å². The monoisotopic (exact) mass is 357 g/mol. The van der Waals surface area contributed by atoms with E-state index in [2.05, 4.69) is 21.2 Å². The third-order valence-corrected chi connectivity index (χ3v) is 3.04. The first-order valence-electron chi connectivity index (χ1n) is 6.74. The first-order chi connectivity index (χ1) is 9.88. The predicted octanol–water partition coefficient (Wildman–Crippen LogP) is 2.53. The molecule has 0 radical (unpaired) electrons. The molecule has 0 fully saturated rings. The molecule has 1 amide bonds. The highest BCUT2D eigenvalue weighted by atomic mass is 79.9. The molecule has 1 N–H and O–H groups in total. The van der Waals surface area contributed by atoms with Crippen LogP contribution in [0.3, 0.4) is 0 Å². The number of carbonyl (C=O) groups is 2. The Bertz CT molecular complexity index is 473. The number of rotatable bonds is 7. The minimum atomic E-state index is -0.774. The summed E-state index contributed by atoms with van der Waals surface area (Å²) in [4.78, 5) is 23.2. The lowest BCUT2D eigenvalue weighted by atomic mass is 10.2. The predicted molar refractivity (Wildman–Crippen MR) is 83.0 cm³/mol. The Morgan fingerprint density at radius 3 is 2.38 bits per heavy atom. The van der Waals surface area contributed by atoms with Crippen LogP contribution < -0.4 is 10.1 Å². The van der Waals surface area contributed by atoms with E-state index in [1.807, 2.05) is 26.0 Å². The van der Waals surface area contributed by atoms with Gasteiger partial charge in [-0.2, -0.15) is 0 Å². The van der Waals surface area contributed by atoms with Crippen LogP contribution in [0.1, 0.15) is 20.8 Å². The SMILES string of the molecule is CC(C)CNC(=O)COC(=O)[C@@H](C)Oc1ccc(Br)cc1. The van der Waals surface area contributed by atoms with Gasteiger partial charge in [-0.05, 0) is 37.1 Å². The maximum Gasteiger partial charge on any atom is 0.347 e. The Morgan fingerprint density at radius 2 is 1.81 bits per heavy atom. The van der Waals surface area contributed by atoms with Crippen molar-refractivity contribution in [2.24, 2.45) is 5.92 Å². The van der Waals surface area contributed by atoms with Crippen molar-refractivity contribution in [1.82, 2.24) is 5.32 Å². The molecule has 0 aliphatic rings. The van der Waals surface area contributed by atoms with E-state index in [4.69, 9.17) is 9.47 Å². The van der Waals surface area contributed by atoms with Crippen LogP contribution in [-0.2, 0) is 14.3 Å². The van der Waals surface area contributed by atoms with Crippen LogP contribution in [0.4, 0.5) is 0 Å². The average Bonchev–Trinajstić information content (AvgIpc) is 2.44. The van der Waals surface area contributed by atoms with Crippen LogP contribution in [0.15, 0.2) is 28.7 Å². The highest BCUT2D eigenvalue weighted by Gasteiger charge is 2.17. The van der Waals surface area contributed by atoms with Crippen LogP contribution >= 0.6 is 15.9 Å². The molecule has 0 aliphatic heterocycles. The highest BCUT2D eigenvalue weighted by Crippen LogP contribution is 2.17. The van der Waals surface area contributed by atoms with Gasteiger partial charge in [0, 0.05) is 11.0 Å². The lowest BCUT2D eigenvalue weighted by Crippen LogP contribution is -2.34. The number of hydrogen-bond acceptors (Lipinski definition) is 4. The molecule has 6 heteroatoms. The summed E-state index contributed by atoms with van der Waals surface area (Å²) in [5.41, 5.74) is 0. The van der Waals surface area contributed by atoms with Gasteiger partial charge in [-0.15, -0.1) is 0 Å². The second-order valence-electron chi connectivity index (χ2n) is 5.02. The zero-order valence-electron chi connectivity index (χ0n) is 12.4. The van der Waals surface area contributed by atoms with E-state index in [9.17, 15) is 9.59 Å². The van der Waals surface area contributed by atoms with E-state index in [-0.39, 0.29) is 12.5 Å². The quantitative estimate of drug-likeness (QED) is 0.761. The largest absolute Gasteiger partial charge is 0.479 e. The maximum absolute atomic E-state index is 11.7. The molecule has 1 rings (SSSR count). The number of benzene rings is 1. The molecule has 0 aromatic heterocycles. The van der Waals surface area contributed by atoms with Crippen LogP contribution in [0.2, 0.25) is 0 Å². The Morgan fingerprint density at radius 1 is 1.19 bits per heavy atom. The van der Waals surface area contributed by atoms with Crippen LogP contribution in [0.5, 0.6) is 5.75 Å². The fraction of sp³-hybridized carbons (Fsp3) is 0.467. The Kier molecular flexibility index (Phi) is 7.22. The molecule has 0 heterocycles. The van der Waals surface area contributed by atoms with Crippen molar-refractivity contribution in [2.75, 3.05) is 13.2 Å². The topological polar surface area (TPSA) is 64.6 Å². The van der Waals surface area contributed by atoms with Crippen molar-refractivity contribution in [2.45, 2.75) is 26.9 Å². The molecule has 0 aliphatic carbocycles. The van der Waals surface area contributed by atoms with Gasteiger partial charge < -0.3 is 14.8 Å². The number of carbonyl (C=O) groups excluding carboxylic acids is 2. The molecule has 0 spiro atoms. The molecule has 0 bridgehead atoms. The van der Waals surface area contributed by atoms with Gasteiger partial charge in [-0.1, -0.05) is 29.8 Å². The lowest BCUT2D eigenvalue weighted by Gasteiger charge is -2.14. The van der Waals surface area contributed by atoms with Crippen molar-refractivity contribution >= 4 is 27.8 Å². The van der Waals surface area contributed by atoms with Crippen LogP contribution in [0, 0.1) is 5.92 Å². The molecule has 0 unspecified atom stereocenters. The van der Waals surface area contributed by atoms with E-state index in [1.165, 1.54) is 0 Å². The number of esters is 1. The first kappa shape index (κ1) is 17.5. The third-order valence-electron chi connectivity index (χ3n) is 2.51. The standard InChI is InChI=1S/C15H20BrNO4/c1-10(2)8-17-14(18)9-20-15(19)11(3)21-13-6-4-12(16)5-7-13/h4-7,10-11H,8-9H2,1-3H3,(H,17,18)/t11-/m1/s1. The number of hydrogen-bond donors (Lipinski definition) is 1. The molecule has 0 saturated heterocycles. The molecule has 1 aromatic rings. The highest BCUT2D eigenvalue weighted by molar-refractivity contribution is 9.10. The Labute approximate surface area is 133 Å². The summed E-state index contributed by atoms with van der Waals surface area (Å²) in [6, 6.07) is 7.10. The summed E-state index contributed by atoms with van der Waals surface area (Å²) in [6.45, 7) is 5.82. The Hall–Kier alpha value is -1.56. The van der Waals surface area contributed by atoms with Crippen molar-refractivity contribution in [3.05, 3.63) is 28.7 Å². The van der Waals surface area contributed by atoms with E-state index >= 15 is 0 Å². The van der Waals surface area contributed by atoms with E-state index < -0.39 is 12.1 Å². The molecular weight excluding hydrogens is 338 g/mol. The molecule has 21 heavy (non-hydrogen) atoms. The number of amides is 1. The van der Waals surface area contributed by atoms with Gasteiger partial charge in [-0.3, -0.25) is 4.79 Å². The summed E-state index contributed by atoms with van der Waals surface area (Å²) >= 11 is 3.31. The van der Waals surface area contributed by atoms with E-state index in [0.29, 0.717) is 18.2 Å². The van der Waals surface area contributed by atoms with Crippen LogP contribution in [-0.4, -0.2) is 31.1 Å². The summed E-state index contributed by atoms with van der Waals surface area (Å²) < 4.78 is 11.3. The molecule has 5 nitrogen and oxygen atoms in total. The van der Waals surface area contributed by atoms with Gasteiger partial charge in [0.05, 0.1) is 0 Å². The van der Waals surface area contributed by atoms with Crippen molar-refractivity contribution in [3.63, 3.8) is 0 Å². The number of ether oxygens (including phenoxy) is 2.